The van der Waals surface area contributed by atoms with Crippen LogP contribution in [0.1, 0.15) is 27.5 Å². The van der Waals surface area contributed by atoms with Crippen LogP contribution < -0.4 is 0 Å². The summed E-state index contributed by atoms with van der Waals surface area (Å²) in [6.45, 7) is 3.41. The lowest BCUT2D eigenvalue weighted by Gasteiger charge is -2.06. The second kappa shape index (κ2) is 7.75. The Kier molecular flexibility index (Phi) is 4.99. The van der Waals surface area contributed by atoms with Gasteiger partial charge in [0.05, 0.1) is 17.8 Å². The van der Waals surface area contributed by atoms with Gasteiger partial charge in [-0.3, -0.25) is 9.59 Å². The summed E-state index contributed by atoms with van der Waals surface area (Å²) >= 11 is 0. The van der Waals surface area contributed by atoms with Crippen LogP contribution in [0.15, 0.2) is 65.1 Å². The highest BCUT2D eigenvalue weighted by atomic mass is 16.5. The summed E-state index contributed by atoms with van der Waals surface area (Å²) in [6, 6.07) is 18.7. The van der Waals surface area contributed by atoms with E-state index in [0.29, 0.717) is 5.58 Å². The summed E-state index contributed by atoms with van der Waals surface area (Å²) in [5.41, 5.74) is 3.98. The fourth-order valence-electron chi connectivity index (χ4n) is 3.28. The Hall–Kier alpha value is -3.67. The molecule has 2 heterocycles. The van der Waals surface area contributed by atoms with E-state index in [-0.39, 0.29) is 24.6 Å². The van der Waals surface area contributed by atoms with Gasteiger partial charge in [-0.2, -0.15) is 5.10 Å². The van der Waals surface area contributed by atoms with E-state index in [4.69, 9.17) is 9.15 Å². The smallest absolute Gasteiger partial charge is 0.310 e. The minimum Gasteiger partial charge on any atom is -0.457 e. The fourth-order valence-corrected chi connectivity index (χ4v) is 3.28. The third-order valence-electron chi connectivity index (χ3n) is 4.83. The van der Waals surface area contributed by atoms with E-state index in [1.807, 2.05) is 62.4 Å². The number of rotatable bonds is 6. The third-order valence-corrected chi connectivity index (χ3v) is 4.83. The molecule has 0 aliphatic rings. The van der Waals surface area contributed by atoms with Crippen molar-refractivity contribution in [2.45, 2.75) is 20.3 Å². The minimum atomic E-state index is -0.478. The monoisotopic (exact) mass is 388 g/mol. The van der Waals surface area contributed by atoms with Gasteiger partial charge in [-0.25, -0.2) is 4.68 Å². The van der Waals surface area contributed by atoms with Gasteiger partial charge in [-0.15, -0.1) is 0 Å². The number of hydrogen-bond donors (Lipinski definition) is 0. The summed E-state index contributed by atoms with van der Waals surface area (Å²) in [6.07, 6.45) is 0.0535. The first-order chi connectivity index (χ1) is 14.0. The number of ether oxygens (including phenoxy) is 1. The lowest BCUT2D eigenvalue weighted by atomic mass is 10.1. The van der Waals surface area contributed by atoms with Crippen LogP contribution in [0.4, 0.5) is 0 Å². The van der Waals surface area contributed by atoms with Gasteiger partial charge in [0, 0.05) is 16.6 Å². The van der Waals surface area contributed by atoms with Gasteiger partial charge < -0.3 is 9.15 Å². The maximum atomic E-state index is 12.3. The molecule has 0 N–H and O–H groups in total. The largest absolute Gasteiger partial charge is 0.457 e. The first kappa shape index (κ1) is 18.7. The number of furan rings is 1. The third kappa shape index (κ3) is 3.82. The molecule has 0 fully saturated rings. The van der Waals surface area contributed by atoms with E-state index >= 15 is 0 Å². The molecule has 0 aliphatic carbocycles. The van der Waals surface area contributed by atoms with Crippen molar-refractivity contribution in [2.75, 3.05) is 6.61 Å². The van der Waals surface area contributed by atoms with Gasteiger partial charge in [0.15, 0.2) is 12.4 Å². The van der Waals surface area contributed by atoms with Gasteiger partial charge >= 0.3 is 5.97 Å². The van der Waals surface area contributed by atoms with Crippen molar-refractivity contribution in [3.05, 3.63) is 83.4 Å². The molecule has 0 spiro atoms. The summed E-state index contributed by atoms with van der Waals surface area (Å²) < 4.78 is 12.5. The Morgan fingerprint density at radius 2 is 1.76 bits per heavy atom. The summed E-state index contributed by atoms with van der Waals surface area (Å²) in [4.78, 5) is 24.6. The van der Waals surface area contributed by atoms with Crippen molar-refractivity contribution in [1.29, 1.82) is 0 Å². The summed E-state index contributed by atoms with van der Waals surface area (Å²) in [7, 11) is 0. The van der Waals surface area contributed by atoms with Crippen LogP contribution in [-0.4, -0.2) is 28.1 Å². The van der Waals surface area contributed by atoms with Crippen LogP contribution in [0.5, 0.6) is 0 Å². The van der Waals surface area contributed by atoms with E-state index in [9.17, 15) is 9.59 Å². The van der Waals surface area contributed by atoms with Crippen LogP contribution in [0.2, 0.25) is 0 Å². The van der Waals surface area contributed by atoms with E-state index in [1.165, 1.54) is 0 Å². The number of ketones is 1. The standard InChI is InChI=1S/C23H20N2O4/c1-15-19(16(2)25(24-15)18-9-4-3-5-10-18)13-23(27)28-14-20(26)22-12-17-8-6-7-11-21(17)29-22/h3-12H,13-14H2,1-2H3. The zero-order chi connectivity index (χ0) is 20.4. The zero-order valence-electron chi connectivity index (χ0n) is 16.2. The fraction of sp³-hybridized carbons (Fsp3) is 0.174. The minimum absolute atomic E-state index is 0.0535. The van der Waals surface area contributed by atoms with Crippen LogP contribution >= 0.6 is 0 Å². The number of benzene rings is 2. The second-order valence-electron chi connectivity index (χ2n) is 6.81. The van der Waals surface area contributed by atoms with Crippen molar-refractivity contribution >= 4 is 22.7 Å². The predicted molar refractivity (Wildman–Crippen MR) is 108 cm³/mol. The molecular formula is C23H20N2O4. The van der Waals surface area contributed by atoms with E-state index in [1.54, 1.807) is 16.8 Å². The Bertz CT molecular complexity index is 1160. The molecule has 2 aromatic heterocycles. The first-order valence-electron chi connectivity index (χ1n) is 9.31. The quantitative estimate of drug-likeness (QED) is 0.365. The highest BCUT2D eigenvalue weighted by Crippen LogP contribution is 2.20. The van der Waals surface area contributed by atoms with Crippen LogP contribution in [0.25, 0.3) is 16.7 Å². The highest BCUT2D eigenvalue weighted by molar-refractivity contribution is 5.99. The van der Waals surface area contributed by atoms with E-state index < -0.39 is 5.97 Å². The van der Waals surface area contributed by atoms with Crippen LogP contribution in [0, 0.1) is 13.8 Å². The van der Waals surface area contributed by atoms with Crippen molar-refractivity contribution in [3.8, 4) is 5.69 Å². The van der Waals surface area contributed by atoms with Crippen LogP contribution in [0.3, 0.4) is 0 Å². The molecule has 0 radical (unpaired) electrons. The van der Waals surface area contributed by atoms with Crippen molar-refractivity contribution in [1.82, 2.24) is 9.78 Å². The predicted octanol–water partition coefficient (Wildman–Crippen LogP) is 4.20. The van der Waals surface area contributed by atoms with Crippen molar-refractivity contribution in [3.63, 3.8) is 0 Å². The molecule has 0 aliphatic heterocycles. The number of carbonyl (C=O) groups excluding carboxylic acids is 2. The van der Waals surface area contributed by atoms with Crippen molar-refractivity contribution < 1.29 is 18.7 Å². The molecule has 29 heavy (non-hydrogen) atoms. The van der Waals surface area contributed by atoms with Crippen molar-refractivity contribution in [2.24, 2.45) is 0 Å². The number of esters is 1. The molecule has 6 nitrogen and oxygen atoms in total. The number of Topliss-reactive ketones (excluding diaryl/α,β-unsaturated/α-hetero) is 1. The summed E-state index contributed by atoms with van der Waals surface area (Å²) in [5.74, 6) is -0.667. The Morgan fingerprint density at radius 1 is 1.03 bits per heavy atom. The molecule has 4 rings (SSSR count). The highest BCUT2D eigenvalue weighted by Gasteiger charge is 2.19. The van der Waals surface area contributed by atoms with Gasteiger partial charge in [0.1, 0.15) is 5.58 Å². The first-order valence-corrected chi connectivity index (χ1v) is 9.31. The number of carbonyl (C=O) groups is 2. The Morgan fingerprint density at radius 3 is 2.52 bits per heavy atom. The molecule has 0 amide bonds. The number of aromatic nitrogens is 2. The molecule has 4 aromatic rings. The molecule has 0 atom stereocenters. The number of hydrogen-bond acceptors (Lipinski definition) is 5. The molecule has 0 unspecified atom stereocenters. The second-order valence-corrected chi connectivity index (χ2v) is 6.81. The number of aryl methyl sites for hydroxylation is 1. The molecule has 6 heteroatoms. The zero-order valence-corrected chi connectivity index (χ0v) is 16.2. The van der Waals surface area contributed by atoms with Crippen LogP contribution in [-0.2, 0) is 16.0 Å². The molecular weight excluding hydrogens is 368 g/mol. The Labute approximate surface area is 167 Å². The molecule has 2 aromatic carbocycles. The maximum Gasteiger partial charge on any atom is 0.310 e. The topological polar surface area (TPSA) is 74.3 Å². The van der Waals surface area contributed by atoms with Gasteiger partial charge in [-0.05, 0) is 38.1 Å². The van der Waals surface area contributed by atoms with E-state index in [2.05, 4.69) is 5.10 Å². The Balaban J connectivity index is 1.42. The normalized spacial score (nSPS) is 11.0. The average molecular weight is 388 g/mol. The molecule has 0 bridgehead atoms. The lowest BCUT2D eigenvalue weighted by Crippen LogP contribution is -2.16. The molecule has 0 saturated heterocycles. The van der Waals surface area contributed by atoms with Gasteiger partial charge in [0.25, 0.3) is 0 Å². The summed E-state index contributed by atoms with van der Waals surface area (Å²) in [5, 5.41) is 5.36. The lowest BCUT2D eigenvalue weighted by molar-refractivity contribution is -0.141. The van der Waals surface area contributed by atoms with Gasteiger partial charge in [-0.1, -0.05) is 36.4 Å². The van der Waals surface area contributed by atoms with Gasteiger partial charge in [0.2, 0.25) is 5.78 Å². The maximum absolute atomic E-state index is 12.3. The number of para-hydroxylation sites is 2. The number of nitrogens with zero attached hydrogens (tertiary/aromatic N) is 2. The molecule has 146 valence electrons. The average Bonchev–Trinajstić information content (AvgIpc) is 3.29. The SMILES string of the molecule is Cc1nn(-c2ccccc2)c(C)c1CC(=O)OCC(=O)c1cc2ccccc2o1. The van der Waals surface area contributed by atoms with E-state index in [0.717, 1.165) is 28.0 Å². The number of fused-ring (bicyclic) bond motifs is 1. The molecule has 0 saturated carbocycles.